The van der Waals surface area contributed by atoms with Gasteiger partial charge in [0.2, 0.25) is 0 Å². The lowest BCUT2D eigenvalue weighted by atomic mass is 9.95. The average molecular weight is 477 g/mol. The van der Waals surface area contributed by atoms with Crippen LogP contribution in [0.15, 0.2) is 53.4 Å². The van der Waals surface area contributed by atoms with Gasteiger partial charge in [-0.3, -0.25) is 4.72 Å². The topological polar surface area (TPSA) is 58.2 Å². The molecule has 2 aliphatic rings. The highest BCUT2D eigenvalue weighted by atomic mass is 127. The average Bonchev–Trinajstić information content (AvgIpc) is 3.09. The highest BCUT2D eigenvalue weighted by Gasteiger charge is 2.57. The lowest BCUT2D eigenvalue weighted by Crippen LogP contribution is -2.19. The van der Waals surface area contributed by atoms with Crippen molar-refractivity contribution in [3.8, 4) is 0 Å². The van der Waals surface area contributed by atoms with E-state index < -0.39 is 10.0 Å². The van der Waals surface area contributed by atoms with Crippen LogP contribution in [0.1, 0.15) is 12.0 Å². The normalized spacial score (nSPS) is 24.8. The molecule has 2 aromatic rings. The van der Waals surface area contributed by atoms with E-state index >= 15 is 0 Å². The Kier molecular flexibility index (Phi) is 4.85. The summed E-state index contributed by atoms with van der Waals surface area (Å²) in [6.07, 6.45) is 1.24. The zero-order valence-corrected chi connectivity index (χ0v) is 16.6. The van der Waals surface area contributed by atoms with Crippen molar-refractivity contribution in [2.45, 2.75) is 16.7 Å². The van der Waals surface area contributed by atoms with Crippen molar-refractivity contribution in [1.82, 2.24) is 5.32 Å². The van der Waals surface area contributed by atoms with Crippen LogP contribution >= 0.6 is 35.0 Å². The lowest BCUT2D eigenvalue weighted by Gasteiger charge is -2.14. The predicted octanol–water partition coefficient (Wildman–Crippen LogP) is 3.37. The summed E-state index contributed by atoms with van der Waals surface area (Å²) in [4.78, 5) is 0.280. The first-order valence-electron chi connectivity index (χ1n) is 7.59. The molecule has 0 spiro atoms. The summed E-state index contributed by atoms with van der Waals surface area (Å²) >= 11 is 2.16. The lowest BCUT2D eigenvalue weighted by molar-refractivity contribution is 0.601. The minimum absolute atomic E-state index is 0. The maximum absolute atomic E-state index is 12.4. The monoisotopic (exact) mass is 476 g/mol. The Morgan fingerprint density at radius 2 is 1.75 bits per heavy atom. The summed E-state index contributed by atoms with van der Waals surface area (Å²) in [5.74, 6) is 0.747. The minimum atomic E-state index is -3.53. The van der Waals surface area contributed by atoms with Crippen molar-refractivity contribution in [3.63, 3.8) is 0 Å². The minimum Gasteiger partial charge on any atom is -0.316 e. The third kappa shape index (κ3) is 3.16. The summed E-state index contributed by atoms with van der Waals surface area (Å²) < 4.78 is 28.5. The van der Waals surface area contributed by atoms with Crippen molar-refractivity contribution in [2.75, 3.05) is 17.8 Å². The van der Waals surface area contributed by atoms with Gasteiger partial charge in [-0.15, -0.1) is 12.4 Å². The number of piperidine rings is 1. The molecule has 2 aromatic carbocycles. The molecule has 0 radical (unpaired) electrons. The van der Waals surface area contributed by atoms with Gasteiger partial charge < -0.3 is 5.32 Å². The van der Waals surface area contributed by atoms with E-state index in [2.05, 4.69) is 44.8 Å². The Labute approximate surface area is 162 Å². The number of hydrogen-bond acceptors (Lipinski definition) is 3. The fraction of sp³-hybridized carbons (Fsp3) is 0.294. The quantitative estimate of drug-likeness (QED) is 0.665. The third-order valence-electron chi connectivity index (χ3n) is 4.90. The molecule has 1 unspecified atom stereocenters. The van der Waals surface area contributed by atoms with Gasteiger partial charge in [0, 0.05) is 21.2 Å². The van der Waals surface area contributed by atoms with Gasteiger partial charge >= 0.3 is 0 Å². The van der Waals surface area contributed by atoms with Crippen LogP contribution in [0.4, 0.5) is 5.69 Å². The maximum Gasteiger partial charge on any atom is 0.261 e. The van der Waals surface area contributed by atoms with E-state index in [-0.39, 0.29) is 17.3 Å². The van der Waals surface area contributed by atoms with Gasteiger partial charge in [-0.2, -0.15) is 0 Å². The second-order valence-electron chi connectivity index (χ2n) is 6.32. The van der Waals surface area contributed by atoms with E-state index in [0.29, 0.717) is 11.1 Å². The van der Waals surface area contributed by atoms with Crippen molar-refractivity contribution in [3.05, 3.63) is 57.7 Å². The SMILES string of the molecule is Cl.O=S(=O)(Nc1ccc(C23CNC[C@H]2C3)cc1)c1ccc(I)cc1. The molecule has 7 heteroatoms. The first-order chi connectivity index (χ1) is 11.0. The van der Waals surface area contributed by atoms with Gasteiger partial charge in [-0.05, 0) is 83.4 Å². The molecular weight excluding hydrogens is 459 g/mol. The molecule has 4 nitrogen and oxygen atoms in total. The van der Waals surface area contributed by atoms with E-state index in [1.54, 1.807) is 24.3 Å². The number of benzene rings is 2. The van der Waals surface area contributed by atoms with Gasteiger partial charge in [0.25, 0.3) is 10.0 Å². The van der Waals surface area contributed by atoms with Crippen LogP contribution in [0.2, 0.25) is 0 Å². The molecule has 0 amide bonds. The van der Waals surface area contributed by atoms with Gasteiger partial charge in [-0.25, -0.2) is 8.42 Å². The summed E-state index contributed by atoms with van der Waals surface area (Å²) in [5, 5.41) is 3.43. The standard InChI is InChI=1S/C17H17IN2O2S.ClH/c18-14-3-7-16(8-4-14)23(21,22)20-15-5-1-12(2-6-15)17-9-13(17)10-19-11-17;/h1-8,13,19-20H,9-11H2;1H/t13-,17?;/m1./s1. The molecule has 1 saturated heterocycles. The number of hydrogen-bond donors (Lipinski definition) is 2. The van der Waals surface area contributed by atoms with E-state index in [0.717, 1.165) is 22.6 Å². The number of rotatable bonds is 4. The summed E-state index contributed by atoms with van der Waals surface area (Å²) in [5.41, 5.74) is 2.21. The van der Waals surface area contributed by atoms with Crippen LogP contribution in [-0.2, 0) is 15.4 Å². The molecule has 128 valence electrons. The Hall–Kier alpha value is -0.830. The first kappa shape index (κ1) is 18.0. The second kappa shape index (κ2) is 6.48. The highest BCUT2D eigenvalue weighted by Crippen LogP contribution is 2.56. The van der Waals surface area contributed by atoms with Crippen LogP contribution in [0.3, 0.4) is 0 Å². The van der Waals surface area contributed by atoms with Crippen molar-refractivity contribution < 1.29 is 8.42 Å². The number of anilines is 1. The first-order valence-corrected chi connectivity index (χ1v) is 10.2. The van der Waals surface area contributed by atoms with E-state index in [1.807, 2.05) is 12.1 Å². The summed E-state index contributed by atoms with van der Waals surface area (Å²) in [6, 6.07) is 14.7. The van der Waals surface area contributed by atoms with E-state index in [9.17, 15) is 8.42 Å². The zero-order valence-electron chi connectivity index (χ0n) is 12.8. The summed E-state index contributed by atoms with van der Waals surface area (Å²) in [6.45, 7) is 2.13. The Bertz CT molecular complexity index is 840. The molecule has 2 fully saturated rings. The predicted molar refractivity (Wildman–Crippen MR) is 106 cm³/mol. The number of sulfonamides is 1. The van der Waals surface area contributed by atoms with Crippen molar-refractivity contribution in [2.24, 2.45) is 5.92 Å². The smallest absolute Gasteiger partial charge is 0.261 e. The fourth-order valence-corrected chi connectivity index (χ4v) is 4.91. The van der Waals surface area contributed by atoms with Crippen molar-refractivity contribution >= 4 is 50.7 Å². The van der Waals surface area contributed by atoms with Gasteiger partial charge in [0.15, 0.2) is 0 Å². The highest BCUT2D eigenvalue weighted by molar-refractivity contribution is 14.1. The Morgan fingerprint density at radius 3 is 2.29 bits per heavy atom. The Morgan fingerprint density at radius 1 is 1.08 bits per heavy atom. The molecule has 1 saturated carbocycles. The molecule has 24 heavy (non-hydrogen) atoms. The molecule has 0 aromatic heterocycles. The number of halogens is 2. The maximum atomic E-state index is 12.4. The second-order valence-corrected chi connectivity index (χ2v) is 9.25. The van der Waals surface area contributed by atoms with Gasteiger partial charge in [-0.1, -0.05) is 12.1 Å². The van der Waals surface area contributed by atoms with Crippen LogP contribution in [0, 0.1) is 9.49 Å². The number of fused-ring (bicyclic) bond motifs is 1. The van der Waals surface area contributed by atoms with E-state index in [4.69, 9.17) is 0 Å². The van der Waals surface area contributed by atoms with Crippen LogP contribution in [0.25, 0.3) is 0 Å². The van der Waals surface area contributed by atoms with Gasteiger partial charge in [0.05, 0.1) is 4.90 Å². The Balaban J connectivity index is 0.00000169. The van der Waals surface area contributed by atoms with Gasteiger partial charge in [0.1, 0.15) is 0 Å². The fourth-order valence-electron chi connectivity index (χ4n) is 3.49. The molecule has 2 N–H and O–H groups in total. The largest absolute Gasteiger partial charge is 0.316 e. The molecule has 0 bridgehead atoms. The molecule has 4 rings (SSSR count). The third-order valence-corrected chi connectivity index (χ3v) is 7.02. The zero-order chi connectivity index (χ0) is 16.1. The van der Waals surface area contributed by atoms with E-state index in [1.165, 1.54) is 12.0 Å². The van der Waals surface area contributed by atoms with Crippen LogP contribution in [0.5, 0.6) is 0 Å². The molecule has 1 heterocycles. The molecule has 1 aliphatic carbocycles. The molecule has 2 atom stereocenters. The molecule has 1 aliphatic heterocycles. The van der Waals surface area contributed by atoms with Crippen LogP contribution in [-0.4, -0.2) is 21.5 Å². The number of nitrogens with one attached hydrogen (secondary N) is 2. The molecular formula is C17H18ClIN2O2S. The van der Waals surface area contributed by atoms with Crippen LogP contribution < -0.4 is 10.0 Å². The van der Waals surface area contributed by atoms with Crippen molar-refractivity contribution in [1.29, 1.82) is 0 Å². The summed E-state index contributed by atoms with van der Waals surface area (Å²) in [7, 11) is -3.53.